The molecule has 1 rings (SSSR count). The molecule has 1 fully saturated rings. The minimum absolute atomic E-state index is 0.307. The fourth-order valence-electron chi connectivity index (χ4n) is 3.24. The summed E-state index contributed by atoms with van der Waals surface area (Å²) in [6, 6.07) is 0. The van der Waals surface area contributed by atoms with Crippen molar-refractivity contribution < 1.29 is 4.74 Å². The molecule has 0 radical (unpaired) electrons. The average molecular weight is 256 g/mol. The molecule has 1 saturated heterocycles. The van der Waals surface area contributed by atoms with Crippen LogP contribution in [0.4, 0.5) is 0 Å². The van der Waals surface area contributed by atoms with Crippen molar-refractivity contribution in [2.45, 2.75) is 64.5 Å². The molecule has 3 heteroatoms. The Morgan fingerprint density at radius 2 is 1.67 bits per heavy atom. The van der Waals surface area contributed by atoms with Gasteiger partial charge in [0.15, 0.2) is 0 Å². The van der Waals surface area contributed by atoms with Gasteiger partial charge in [0.25, 0.3) is 0 Å². The van der Waals surface area contributed by atoms with Gasteiger partial charge in [0.1, 0.15) is 0 Å². The van der Waals surface area contributed by atoms with E-state index in [1.807, 2.05) is 0 Å². The molecular formula is C15H32N2O. The topological polar surface area (TPSA) is 24.5 Å². The molecule has 3 nitrogen and oxygen atoms in total. The van der Waals surface area contributed by atoms with Gasteiger partial charge in [-0.05, 0) is 25.7 Å². The van der Waals surface area contributed by atoms with Gasteiger partial charge in [-0.15, -0.1) is 0 Å². The average Bonchev–Trinajstić information content (AvgIpc) is 2.44. The van der Waals surface area contributed by atoms with Crippen molar-refractivity contribution >= 4 is 0 Å². The van der Waals surface area contributed by atoms with Gasteiger partial charge in [0.2, 0.25) is 0 Å². The number of ether oxygens (including phenoxy) is 1. The highest BCUT2D eigenvalue weighted by Gasteiger charge is 2.43. The molecule has 0 aromatic heterocycles. The second-order valence-electron chi connectivity index (χ2n) is 5.69. The molecule has 108 valence electrons. The van der Waals surface area contributed by atoms with E-state index >= 15 is 0 Å². The Balaban J connectivity index is 2.84. The maximum Gasteiger partial charge on any atom is 0.0589 e. The highest BCUT2D eigenvalue weighted by atomic mass is 16.5. The van der Waals surface area contributed by atoms with E-state index in [0.717, 1.165) is 26.2 Å². The van der Waals surface area contributed by atoms with E-state index in [0.29, 0.717) is 11.1 Å². The van der Waals surface area contributed by atoms with Gasteiger partial charge < -0.3 is 10.1 Å². The molecule has 1 aliphatic rings. The summed E-state index contributed by atoms with van der Waals surface area (Å²) in [6.45, 7) is 13.4. The van der Waals surface area contributed by atoms with E-state index in [1.165, 1.54) is 25.7 Å². The third-order valence-corrected chi connectivity index (χ3v) is 5.19. The van der Waals surface area contributed by atoms with Gasteiger partial charge in [-0.1, -0.05) is 27.7 Å². The SMILES string of the molecule is CCC1(CC)CN(CCOC)C(CC)(CC)CN1. The second kappa shape index (κ2) is 6.88. The molecule has 0 amide bonds. The highest BCUT2D eigenvalue weighted by molar-refractivity contribution is 5.03. The third-order valence-electron chi connectivity index (χ3n) is 5.19. The van der Waals surface area contributed by atoms with Gasteiger partial charge in [-0.3, -0.25) is 4.90 Å². The molecule has 0 aliphatic carbocycles. The maximum atomic E-state index is 5.30. The maximum absolute atomic E-state index is 5.30. The van der Waals surface area contributed by atoms with E-state index in [-0.39, 0.29) is 0 Å². The van der Waals surface area contributed by atoms with Crippen LogP contribution in [0.1, 0.15) is 53.4 Å². The molecule has 1 heterocycles. The van der Waals surface area contributed by atoms with Crippen LogP contribution in [-0.4, -0.2) is 49.3 Å². The zero-order valence-electron chi connectivity index (χ0n) is 13.0. The summed E-state index contributed by atoms with van der Waals surface area (Å²) in [5.74, 6) is 0. The summed E-state index contributed by atoms with van der Waals surface area (Å²) >= 11 is 0. The smallest absolute Gasteiger partial charge is 0.0589 e. The summed E-state index contributed by atoms with van der Waals surface area (Å²) in [4.78, 5) is 2.68. The Kier molecular flexibility index (Phi) is 6.09. The van der Waals surface area contributed by atoms with Crippen LogP contribution in [0.5, 0.6) is 0 Å². The molecule has 1 aliphatic heterocycles. The molecule has 0 unspecified atom stereocenters. The number of hydrogen-bond donors (Lipinski definition) is 1. The largest absolute Gasteiger partial charge is 0.383 e. The molecule has 0 spiro atoms. The summed E-state index contributed by atoms with van der Waals surface area (Å²) in [7, 11) is 1.80. The first kappa shape index (κ1) is 15.9. The third kappa shape index (κ3) is 3.06. The van der Waals surface area contributed by atoms with Crippen molar-refractivity contribution in [3.63, 3.8) is 0 Å². The lowest BCUT2D eigenvalue weighted by Crippen LogP contribution is -2.69. The molecule has 0 saturated carbocycles. The van der Waals surface area contributed by atoms with Crippen LogP contribution in [0.25, 0.3) is 0 Å². The second-order valence-corrected chi connectivity index (χ2v) is 5.69. The number of hydrogen-bond acceptors (Lipinski definition) is 3. The summed E-state index contributed by atoms with van der Waals surface area (Å²) in [5.41, 5.74) is 0.633. The minimum Gasteiger partial charge on any atom is -0.383 e. The van der Waals surface area contributed by atoms with Crippen LogP contribution < -0.4 is 5.32 Å². The Labute approximate surface area is 113 Å². The van der Waals surface area contributed by atoms with Crippen molar-refractivity contribution in [3.05, 3.63) is 0 Å². The summed E-state index contributed by atoms with van der Waals surface area (Å²) in [6.07, 6.45) is 4.83. The lowest BCUT2D eigenvalue weighted by molar-refractivity contribution is -0.0182. The van der Waals surface area contributed by atoms with Crippen molar-refractivity contribution in [3.8, 4) is 0 Å². The highest BCUT2D eigenvalue weighted by Crippen LogP contribution is 2.32. The van der Waals surface area contributed by atoms with E-state index in [4.69, 9.17) is 4.74 Å². The van der Waals surface area contributed by atoms with Crippen molar-refractivity contribution in [1.82, 2.24) is 10.2 Å². The molecule has 0 aromatic rings. The Morgan fingerprint density at radius 3 is 2.11 bits per heavy atom. The van der Waals surface area contributed by atoms with Gasteiger partial charge in [0, 0.05) is 37.8 Å². The quantitative estimate of drug-likeness (QED) is 0.758. The van der Waals surface area contributed by atoms with Crippen LogP contribution in [0, 0.1) is 0 Å². The fourth-order valence-corrected chi connectivity index (χ4v) is 3.24. The first-order valence-corrected chi connectivity index (χ1v) is 7.61. The molecule has 1 N–H and O–H groups in total. The monoisotopic (exact) mass is 256 g/mol. The minimum atomic E-state index is 0.307. The number of nitrogens with one attached hydrogen (secondary N) is 1. The zero-order valence-corrected chi connectivity index (χ0v) is 13.0. The Hall–Kier alpha value is -0.120. The van der Waals surface area contributed by atoms with Gasteiger partial charge in [0.05, 0.1) is 6.61 Å². The lowest BCUT2D eigenvalue weighted by Gasteiger charge is -2.54. The number of piperazine rings is 1. The van der Waals surface area contributed by atoms with E-state index in [1.54, 1.807) is 7.11 Å². The molecule has 0 atom stereocenters. The van der Waals surface area contributed by atoms with Gasteiger partial charge in [-0.2, -0.15) is 0 Å². The lowest BCUT2D eigenvalue weighted by atomic mass is 9.80. The standard InChI is InChI=1S/C15H32N2O/c1-6-14(7-2)13-17(10-11-18-5)15(8-3,9-4)12-16-14/h16H,6-13H2,1-5H3. The number of methoxy groups -OCH3 is 1. The molecular weight excluding hydrogens is 224 g/mol. The van der Waals surface area contributed by atoms with Crippen LogP contribution in [0.15, 0.2) is 0 Å². The Bertz CT molecular complexity index is 235. The predicted molar refractivity (Wildman–Crippen MR) is 78.1 cm³/mol. The molecule has 0 aromatic carbocycles. The first-order valence-electron chi connectivity index (χ1n) is 7.61. The van der Waals surface area contributed by atoms with E-state index in [9.17, 15) is 0 Å². The first-order chi connectivity index (χ1) is 8.62. The predicted octanol–water partition coefficient (Wildman–Crippen LogP) is 2.66. The van der Waals surface area contributed by atoms with Crippen LogP contribution >= 0.6 is 0 Å². The number of nitrogens with zero attached hydrogens (tertiary/aromatic N) is 1. The van der Waals surface area contributed by atoms with Crippen molar-refractivity contribution in [2.75, 3.05) is 33.4 Å². The van der Waals surface area contributed by atoms with Gasteiger partial charge >= 0.3 is 0 Å². The number of rotatable bonds is 7. The van der Waals surface area contributed by atoms with Crippen LogP contribution in [0.3, 0.4) is 0 Å². The van der Waals surface area contributed by atoms with E-state index in [2.05, 4.69) is 37.9 Å². The normalized spacial score (nSPS) is 23.2. The molecule has 0 bridgehead atoms. The van der Waals surface area contributed by atoms with Crippen LogP contribution in [-0.2, 0) is 4.74 Å². The zero-order chi connectivity index (χ0) is 13.6. The van der Waals surface area contributed by atoms with Crippen LogP contribution in [0.2, 0.25) is 0 Å². The fraction of sp³-hybridized carbons (Fsp3) is 1.00. The molecule has 18 heavy (non-hydrogen) atoms. The Morgan fingerprint density at radius 1 is 1.06 bits per heavy atom. The summed E-state index contributed by atoms with van der Waals surface area (Å²) in [5, 5.41) is 3.85. The van der Waals surface area contributed by atoms with Crippen molar-refractivity contribution in [1.29, 1.82) is 0 Å². The van der Waals surface area contributed by atoms with Gasteiger partial charge in [-0.25, -0.2) is 0 Å². The van der Waals surface area contributed by atoms with Crippen molar-refractivity contribution in [2.24, 2.45) is 0 Å². The van der Waals surface area contributed by atoms with E-state index < -0.39 is 0 Å². The summed E-state index contributed by atoms with van der Waals surface area (Å²) < 4.78 is 5.30.